The van der Waals surface area contributed by atoms with E-state index >= 15 is 0 Å². The van der Waals surface area contributed by atoms with Crippen LogP contribution in [0.25, 0.3) is 0 Å². The van der Waals surface area contributed by atoms with Gasteiger partial charge in [-0.2, -0.15) is 5.10 Å². The van der Waals surface area contributed by atoms with E-state index in [4.69, 9.17) is 11.6 Å². The molecule has 7 heteroatoms. The van der Waals surface area contributed by atoms with Crippen molar-refractivity contribution in [2.75, 3.05) is 26.2 Å². The topological polar surface area (TPSA) is 41.4 Å². The molecule has 0 radical (unpaired) electrons. The third kappa shape index (κ3) is 3.60. The summed E-state index contributed by atoms with van der Waals surface area (Å²) in [5, 5.41) is 4.60. The van der Waals surface area contributed by atoms with E-state index in [0.717, 1.165) is 18.7 Å². The molecule has 2 aromatic rings. The molecule has 1 aliphatic rings. The molecule has 1 fully saturated rings. The number of aromatic nitrogens is 2. The van der Waals surface area contributed by atoms with Gasteiger partial charge in [-0.15, -0.1) is 0 Å². The highest BCUT2D eigenvalue weighted by molar-refractivity contribution is 6.31. The van der Waals surface area contributed by atoms with Gasteiger partial charge in [-0.25, -0.2) is 4.39 Å². The highest BCUT2D eigenvalue weighted by atomic mass is 35.5. The monoisotopic (exact) mass is 350 g/mol. The number of hydrogen-bond donors (Lipinski definition) is 0. The van der Waals surface area contributed by atoms with Gasteiger partial charge in [-0.3, -0.25) is 14.4 Å². The minimum absolute atomic E-state index is 0.0221. The average molecular weight is 351 g/mol. The van der Waals surface area contributed by atoms with Gasteiger partial charge in [0.15, 0.2) is 0 Å². The SMILES string of the molecule is CCn1nccc1C(=O)N1CCN(Cc2ccc(F)cc2Cl)CC1. The van der Waals surface area contributed by atoms with Crippen molar-refractivity contribution in [2.45, 2.75) is 20.0 Å². The van der Waals surface area contributed by atoms with Crippen molar-refractivity contribution in [3.8, 4) is 0 Å². The van der Waals surface area contributed by atoms with E-state index < -0.39 is 0 Å². The first-order valence-corrected chi connectivity index (χ1v) is 8.43. The first-order chi connectivity index (χ1) is 11.6. The lowest BCUT2D eigenvalue weighted by atomic mass is 10.2. The third-order valence-corrected chi connectivity index (χ3v) is 4.66. The molecule has 5 nitrogen and oxygen atoms in total. The normalized spacial score (nSPS) is 15.7. The van der Waals surface area contributed by atoms with Gasteiger partial charge < -0.3 is 4.90 Å². The standard InChI is InChI=1S/C17H20ClFN4O/c1-2-23-16(5-6-20-23)17(24)22-9-7-21(8-10-22)12-13-3-4-14(19)11-15(13)18/h3-6,11H,2,7-10,12H2,1H3. The number of hydrogen-bond acceptors (Lipinski definition) is 3. The van der Waals surface area contributed by atoms with Crippen LogP contribution in [0.2, 0.25) is 5.02 Å². The van der Waals surface area contributed by atoms with Crippen LogP contribution in [0.15, 0.2) is 30.5 Å². The van der Waals surface area contributed by atoms with E-state index in [0.29, 0.717) is 36.9 Å². The highest BCUT2D eigenvalue weighted by Crippen LogP contribution is 2.20. The summed E-state index contributed by atoms with van der Waals surface area (Å²) < 4.78 is 14.8. The van der Waals surface area contributed by atoms with E-state index in [-0.39, 0.29) is 11.7 Å². The molecule has 0 N–H and O–H groups in total. The van der Waals surface area contributed by atoms with Gasteiger partial charge in [0.1, 0.15) is 11.5 Å². The summed E-state index contributed by atoms with van der Waals surface area (Å²) in [7, 11) is 0. The first kappa shape index (κ1) is 16.9. The zero-order chi connectivity index (χ0) is 17.1. The summed E-state index contributed by atoms with van der Waals surface area (Å²) >= 11 is 6.09. The fourth-order valence-electron chi connectivity index (χ4n) is 2.93. The Morgan fingerprint density at radius 3 is 2.67 bits per heavy atom. The largest absolute Gasteiger partial charge is 0.335 e. The maximum absolute atomic E-state index is 13.1. The average Bonchev–Trinajstić information content (AvgIpc) is 3.06. The lowest BCUT2D eigenvalue weighted by molar-refractivity contribution is 0.0616. The van der Waals surface area contributed by atoms with Gasteiger partial charge in [0.25, 0.3) is 5.91 Å². The number of carbonyl (C=O) groups is 1. The molecule has 0 aliphatic carbocycles. The zero-order valence-corrected chi connectivity index (χ0v) is 14.3. The molecule has 0 atom stereocenters. The summed E-state index contributed by atoms with van der Waals surface area (Å²) in [5.41, 5.74) is 1.54. The molecular weight excluding hydrogens is 331 g/mol. The quantitative estimate of drug-likeness (QED) is 0.851. The Balaban J connectivity index is 1.58. The Kier molecular flexibility index (Phi) is 5.16. The van der Waals surface area contributed by atoms with Crippen LogP contribution in [-0.4, -0.2) is 51.7 Å². The summed E-state index contributed by atoms with van der Waals surface area (Å²) in [4.78, 5) is 16.7. The Bertz CT molecular complexity index is 725. The summed E-state index contributed by atoms with van der Waals surface area (Å²) in [6.07, 6.45) is 1.66. The van der Waals surface area contributed by atoms with Gasteiger partial charge in [0.05, 0.1) is 0 Å². The van der Waals surface area contributed by atoms with Crippen LogP contribution in [0.1, 0.15) is 23.0 Å². The van der Waals surface area contributed by atoms with Gasteiger partial charge in [0.2, 0.25) is 0 Å². The summed E-state index contributed by atoms with van der Waals surface area (Å²) in [6, 6.07) is 6.24. The molecule has 1 saturated heterocycles. The van der Waals surface area contributed by atoms with Crippen LogP contribution in [-0.2, 0) is 13.1 Å². The number of halogens is 2. The summed E-state index contributed by atoms with van der Waals surface area (Å²) in [6.45, 7) is 6.15. The van der Waals surface area contributed by atoms with Crippen molar-refractivity contribution in [3.63, 3.8) is 0 Å². The van der Waals surface area contributed by atoms with Crippen molar-refractivity contribution in [2.24, 2.45) is 0 Å². The molecule has 0 spiro atoms. The molecule has 0 saturated carbocycles. The first-order valence-electron chi connectivity index (χ1n) is 8.06. The van der Waals surface area contributed by atoms with Crippen LogP contribution in [0, 0.1) is 5.82 Å². The minimum atomic E-state index is -0.327. The molecule has 128 valence electrons. The van der Waals surface area contributed by atoms with Crippen molar-refractivity contribution in [3.05, 3.63) is 52.6 Å². The molecule has 1 aromatic heterocycles. The molecule has 24 heavy (non-hydrogen) atoms. The third-order valence-electron chi connectivity index (χ3n) is 4.30. The smallest absolute Gasteiger partial charge is 0.272 e. The van der Waals surface area contributed by atoms with E-state index in [2.05, 4.69) is 10.00 Å². The molecular formula is C17H20ClFN4O. The van der Waals surface area contributed by atoms with Gasteiger partial charge in [-0.1, -0.05) is 17.7 Å². The van der Waals surface area contributed by atoms with Crippen LogP contribution < -0.4 is 0 Å². The second kappa shape index (κ2) is 7.32. The minimum Gasteiger partial charge on any atom is -0.335 e. The zero-order valence-electron chi connectivity index (χ0n) is 13.6. The Morgan fingerprint density at radius 2 is 2.00 bits per heavy atom. The van der Waals surface area contributed by atoms with E-state index in [1.54, 1.807) is 23.0 Å². The van der Waals surface area contributed by atoms with Crippen molar-refractivity contribution >= 4 is 17.5 Å². The lowest BCUT2D eigenvalue weighted by Crippen LogP contribution is -2.48. The maximum Gasteiger partial charge on any atom is 0.272 e. The predicted octanol–water partition coefficient (Wildman–Crippen LogP) is 2.65. The summed E-state index contributed by atoms with van der Waals surface area (Å²) in [5.74, 6) is -0.305. The number of rotatable bonds is 4. The van der Waals surface area contributed by atoms with Crippen LogP contribution in [0.4, 0.5) is 4.39 Å². The maximum atomic E-state index is 13.1. The molecule has 2 heterocycles. The van der Waals surface area contributed by atoms with Crippen molar-refractivity contribution < 1.29 is 9.18 Å². The van der Waals surface area contributed by atoms with E-state index in [1.807, 2.05) is 11.8 Å². The fourth-order valence-corrected chi connectivity index (χ4v) is 3.16. The number of aryl methyl sites for hydroxylation is 1. The number of piperazine rings is 1. The second-order valence-corrected chi connectivity index (χ2v) is 6.24. The number of amides is 1. The molecule has 1 aliphatic heterocycles. The fraction of sp³-hybridized carbons (Fsp3) is 0.412. The molecule has 0 bridgehead atoms. The Morgan fingerprint density at radius 1 is 1.25 bits per heavy atom. The van der Waals surface area contributed by atoms with E-state index in [9.17, 15) is 9.18 Å². The van der Waals surface area contributed by atoms with Crippen molar-refractivity contribution in [1.29, 1.82) is 0 Å². The van der Waals surface area contributed by atoms with Gasteiger partial charge >= 0.3 is 0 Å². The number of nitrogens with zero attached hydrogens (tertiary/aromatic N) is 4. The van der Waals surface area contributed by atoms with Gasteiger partial charge in [-0.05, 0) is 30.7 Å². The van der Waals surface area contributed by atoms with Gasteiger partial charge in [0, 0.05) is 50.5 Å². The second-order valence-electron chi connectivity index (χ2n) is 5.84. The Labute approximate surface area is 145 Å². The van der Waals surface area contributed by atoms with Crippen LogP contribution >= 0.6 is 11.6 Å². The number of benzene rings is 1. The van der Waals surface area contributed by atoms with Crippen molar-refractivity contribution in [1.82, 2.24) is 19.6 Å². The molecule has 1 amide bonds. The number of carbonyl (C=O) groups excluding carboxylic acids is 1. The molecule has 1 aromatic carbocycles. The lowest BCUT2D eigenvalue weighted by Gasteiger charge is -2.34. The highest BCUT2D eigenvalue weighted by Gasteiger charge is 2.24. The van der Waals surface area contributed by atoms with Crippen LogP contribution in [0.3, 0.4) is 0 Å². The molecule has 3 rings (SSSR count). The van der Waals surface area contributed by atoms with E-state index in [1.165, 1.54) is 12.1 Å². The predicted molar refractivity (Wildman–Crippen MR) is 90.5 cm³/mol. The molecule has 0 unspecified atom stereocenters. The Hall–Kier alpha value is -1.92. The van der Waals surface area contributed by atoms with Crippen LogP contribution in [0.5, 0.6) is 0 Å².